The Morgan fingerprint density at radius 3 is 2.65 bits per heavy atom. The standard InChI is InChI=1S/C12H16N2O3/c1-8(2)11(15)10(14-12(16)17)6-9-4-3-5-13-7-9/h3-5,7-8,10,14H,6H2,1-2H3,(H,16,17)/t10-/m0/s1. The van der Waals surface area contributed by atoms with E-state index in [4.69, 9.17) is 5.11 Å². The first-order chi connectivity index (χ1) is 8.00. The fourth-order valence-electron chi connectivity index (χ4n) is 1.53. The molecular formula is C12H16N2O3. The van der Waals surface area contributed by atoms with Crippen molar-refractivity contribution in [2.45, 2.75) is 26.3 Å². The Labute approximate surface area is 99.9 Å². The molecule has 17 heavy (non-hydrogen) atoms. The molecule has 5 nitrogen and oxygen atoms in total. The van der Waals surface area contributed by atoms with Crippen LogP contribution in [-0.2, 0) is 11.2 Å². The quantitative estimate of drug-likeness (QED) is 0.811. The van der Waals surface area contributed by atoms with Crippen molar-refractivity contribution in [2.75, 3.05) is 0 Å². The number of carboxylic acid groups (broad SMARTS) is 1. The SMILES string of the molecule is CC(C)C(=O)[C@H](Cc1cccnc1)NC(=O)O. The molecule has 92 valence electrons. The minimum absolute atomic E-state index is 0.115. The highest BCUT2D eigenvalue weighted by Gasteiger charge is 2.23. The first kappa shape index (κ1) is 13.2. The van der Waals surface area contributed by atoms with Crippen LogP contribution in [0.4, 0.5) is 4.79 Å². The smallest absolute Gasteiger partial charge is 0.405 e. The lowest BCUT2D eigenvalue weighted by molar-refractivity contribution is -0.123. The summed E-state index contributed by atoms with van der Waals surface area (Å²) in [7, 11) is 0. The molecule has 1 rings (SSSR count). The Balaban J connectivity index is 2.77. The van der Waals surface area contributed by atoms with Crippen LogP contribution in [0.5, 0.6) is 0 Å². The monoisotopic (exact) mass is 236 g/mol. The summed E-state index contributed by atoms with van der Waals surface area (Å²) < 4.78 is 0. The molecule has 1 heterocycles. The van der Waals surface area contributed by atoms with Gasteiger partial charge in [0.25, 0.3) is 0 Å². The van der Waals surface area contributed by atoms with E-state index in [1.807, 2.05) is 6.07 Å². The summed E-state index contributed by atoms with van der Waals surface area (Å²) in [4.78, 5) is 26.4. The lowest BCUT2D eigenvalue weighted by Gasteiger charge is -2.17. The van der Waals surface area contributed by atoms with Gasteiger partial charge in [0.1, 0.15) is 0 Å². The molecule has 0 fully saturated rings. The highest BCUT2D eigenvalue weighted by atomic mass is 16.4. The van der Waals surface area contributed by atoms with E-state index in [-0.39, 0.29) is 11.7 Å². The first-order valence-corrected chi connectivity index (χ1v) is 5.42. The van der Waals surface area contributed by atoms with E-state index in [9.17, 15) is 9.59 Å². The largest absolute Gasteiger partial charge is 0.465 e. The minimum atomic E-state index is -1.19. The van der Waals surface area contributed by atoms with Crippen molar-refractivity contribution in [3.63, 3.8) is 0 Å². The Hall–Kier alpha value is -1.91. The number of rotatable bonds is 5. The molecule has 0 bridgehead atoms. The van der Waals surface area contributed by atoms with Crippen LogP contribution in [0.3, 0.4) is 0 Å². The third-order valence-corrected chi connectivity index (χ3v) is 2.37. The van der Waals surface area contributed by atoms with E-state index in [0.29, 0.717) is 6.42 Å². The topological polar surface area (TPSA) is 79.3 Å². The van der Waals surface area contributed by atoms with Gasteiger partial charge in [-0.15, -0.1) is 0 Å². The molecule has 0 unspecified atom stereocenters. The van der Waals surface area contributed by atoms with Gasteiger partial charge >= 0.3 is 6.09 Å². The van der Waals surface area contributed by atoms with Crippen molar-refractivity contribution in [3.8, 4) is 0 Å². The third kappa shape index (κ3) is 4.22. The van der Waals surface area contributed by atoms with Crippen molar-refractivity contribution in [2.24, 2.45) is 5.92 Å². The Bertz CT molecular complexity index is 390. The van der Waals surface area contributed by atoms with Gasteiger partial charge in [-0.2, -0.15) is 0 Å². The van der Waals surface area contributed by atoms with Gasteiger partial charge in [0, 0.05) is 24.7 Å². The number of carbonyl (C=O) groups is 2. The summed E-state index contributed by atoms with van der Waals surface area (Å²) >= 11 is 0. The van der Waals surface area contributed by atoms with E-state index in [1.54, 1.807) is 32.3 Å². The molecule has 5 heteroatoms. The van der Waals surface area contributed by atoms with Crippen LogP contribution in [0.2, 0.25) is 0 Å². The predicted molar refractivity (Wildman–Crippen MR) is 62.7 cm³/mol. The second-order valence-electron chi connectivity index (χ2n) is 4.12. The number of carbonyl (C=O) groups excluding carboxylic acids is 1. The average molecular weight is 236 g/mol. The molecule has 0 aliphatic rings. The lowest BCUT2D eigenvalue weighted by Crippen LogP contribution is -2.43. The van der Waals surface area contributed by atoms with Crippen LogP contribution >= 0.6 is 0 Å². The predicted octanol–water partition coefficient (Wildman–Crippen LogP) is 1.49. The zero-order valence-electron chi connectivity index (χ0n) is 9.88. The van der Waals surface area contributed by atoms with Crippen LogP contribution in [-0.4, -0.2) is 28.0 Å². The molecule has 0 aliphatic heterocycles. The van der Waals surface area contributed by atoms with E-state index in [0.717, 1.165) is 5.56 Å². The van der Waals surface area contributed by atoms with E-state index >= 15 is 0 Å². The zero-order valence-corrected chi connectivity index (χ0v) is 9.88. The van der Waals surface area contributed by atoms with E-state index in [1.165, 1.54) is 0 Å². The Morgan fingerprint density at radius 2 is 2.18 bits per heavy atom. The molecule has 0 aliphatic carbocycles. The fraction of sp³-hybridized carbons (Fsp3) is 0.417. The molecule has 0 saturated heterocycles. The number of hydrogen-bond acceptors (Lipinski definition) is 3. The normalized spacial score (nSPS) is 12.2. The third-order valence-electron chi connectivity index (χ3n) is 2.37. The van der Waals surface area contributed by atoms with Crippen molar-refractivity contribution >= 4 is 11.9 Å². The van der Waals surface area contributed by atoms with Gasteiger partial charge in [0.15, 0.2) is 5.78 Å². The number of hydrogen-bond donors (Lipinski definition) is 2. The van der Waals surface area contributed by atoms with Gasteiger partial charge in [-0.05, 0) is 11.6 Å². The molecule has 0 aromatic carbocycles. The first-order valence-electron chi connectivity index (χ1n) is 5.42. The Morgan fingerprint density at radius 1 is 1.47 bits per heavy atom. The van der Waals surface area contributed by atoms with Crippen LogP contribution < -0.4 is 5.32 Å². The summed E-state index contributed by atoms with van der Waals surface area (Å²) in [5, 5.41) is 11.0. The lowest BCUT2D eigenvalue weighted by atomic mass is 9.96. The molecule has 1 aromatic heterocycles. The summed E-state index contributed by atoms with van der Waals surface area (Å²) in [6.45, 7) is 3.50. The number of amides is 1. The summed E-state index contributed by atoms with van der Waals surface area (Å²) in [6.07, 6.45) is 2.40. The minimum Gasteiger partial charge on any atom is -0.465 e. The number of aromatic nitrogens is 1. The molecule has 1 amide bonds. The van der Waals surface area contributed by atoms with E-state index in [2.05, 4.69) is 10.3 Å². The molecule has 0 spiro atoms. The maximum atomic E-state index is 11.8. The van der Waals surface area contributed by atoms with Gasteiger partial charge in [-0.25, -0.2) is 4.79 Å². The van der Waals surface area contributed by atoms with Gasteiger partial charge in [0.2, 0.25) is 0 Å². The maximum absolute atomic E-state index is 11.8. The summed E-state index contributed by atoms with van der Waals surface area (Å²) in [5.41, 5.74) is 0.834. The maximum Gasteiger partial charge on any atom is 0.405 e. The summed E-state index contributed by atoms with van der Waals surface area (Å²) in [5.74, 6) is -0.320. The summed E-state index contributed by atoms with van der Waals surface area (Å²) in [6, 6.07) is 2.86. The Kier molecular flexibility index (Phi) is 4.63. The van der Waals surface area contributed by atoms with Crippen LogP contribution in [0.25, 0.3) is 0 Å². The number of ketones is 1. The van der Waals surface area contributed by atoms with Gasteiger partial charge in [-0.1, -0.05) is 19.9 Å². The second kappa shape index (κ2) is 5.98. The van der Waals surface area contributed by atoms with Crippen LogP contribution in [0, 0.1) is 5.92 Å². The molecule has 1 atom stereocenters. The molecule has 0 saturated carbocycles. The van der Waals surface area contributed by atoms with E-state index < -0.39 is 12.1 Å². The number of Topliss-reactive ketones (excluding diaryl/α,β-unsaturated/α-hetero) is 1. The fourth-order valence-corrected chi connectivity index (χ4v) is 1.53. The van der Waals surface area contributed by atoms with Crippen LogP contribution in [0.1, 0.15) is 19.4 Å². The molecular weight excluding hydrogens is 220 g/mol. The molecule has 0 radical (unpaired) electrons. The van der Waals surface area contributed by atoms with Crippen molar-refractivity contribution in [1.29, 1.82) is 0 Å². The van der Waals surface area contributed by atoms with Crippen LogP contribution in [0.15, 0.2) is 24.5 Å². The van der Waals surface area contributed by atoms with Crippen molar-refractivity contribution in [3.05, 3.63) is 30.1 Å². The number of pyridine rings is 1. The van der Waals surface area contributed by atoms with Gasteiger partial charge in [-0.3, -0.25) is 9.78 Å². The zero-order chi connectivity index (χ0) is 12.8. The molecule has 2 N–H and O–H groups in total. The van der Waals surface area contributed by atoms with Gasteiger partial charge < -0.3 is 10.4 Å². The second-order valence-corrected chi connectivity index (χ2v) is 4.12. The molecule has 1 aromatic rings. The highest BCUT2D eigenvalue weighted by Crippen LogP contribution is 2.07. The van der Waals surface area contributed by atoms with Crippen molar-refractivity contribution < 1.29 is 14.7 Å². The average Bonchev–Trinajstić information content (AvgIpc) is 2.28. The highest BCUT2D eigenvalue weighted by molar-refractivity contribution is 5.88. The number of nitrogens with one attached hydrogen (secondary N) is 1. The number of nitrogens with zero attached hydrogens (tertiary/aromatic N) is 1. The van der Waals surface area contributed by atoms with Gasteiger partial charge in [0.05, 0.1) is 6.04 Å². The van der Waals surface area contributed by atoms with Crippen molar-refractivity contribution in [1.82, 2.24) is 10.3 Å².